The van der Waals surface area contributed by atoms with E-state index in [1.165, 1.54) is 12.1 Å². The van der Waals surface area contributed by atoms with Gasteiger partial charge in [0.05, 0.1) is 13.2 Å². The zero-order valence-electron chi connectivity index (χ0n) is 14.4. The van der Waals surface area contributed by atoms with E-state index in [1.807, 2.05) is 6.92 Å². The van der Waals surface area contributed by atoms with Crippen molar-refractivity contribution < 1.29 is 14.2 Å². The van der Waals surface area contributed by atoms with E-state index in [9.17, 15) is 9.50 Å². The van der Waals surface area contributed by atoms with Crippen LogP contribution >= 0.6 is 0 Å². The Balaban J connectivity index is 1.86. The summed E-state index contributed by atoms with van der Waals surface area (Å²) in [5, 5.41) is 15.8. The number of hydrogen-bond acceptors (Lipinski definition) is 3. The molecule has 0 radical (unpaired) electrons. The Morgan fingerprint density at radius 1 is 1.33 bits per heavy atom. The molecule has 1 unspecified atom stereocenters. The van der Waals surface area contributed by atoms with Gasteiger partial charge in [-0.25, -0.2) is 4.39 Å². The van der Waals surface area contributed by atoms with Gasteiger partial charge in [0.1, 0.15) is 5.82 Å². The molecule has 1 aliphatic heterocycles. The van der Waals surface area contributed by atoms with Gasteiger partial charge < -0.3 is 20.5 Å². The topological polar surface area (TPSA) is 65.9 Å². The number of aliphatic imine (C=N–C) groups is 1. The first-order valence-electron chi connectivity index (χ1n) is 8.63. The Morgan fingerprint density at radius 2 is 2.12 bits per heavy atom. The van der Waals surface area contributed by atoms with E-state index in [4.69, 9.17) is 4.74 Å². The van der Waals surface area contributed by atoms with Gasteiger partial charge in [0.2, 0.25) is 0 Å². The molecule has 1 aromatic rings. The molecule has 0 amide bonds. The summed E-state index contributed by atoms with van der Waals surface area (Å²) >= 11 is 0. The first-order chi connectivity index (χ1) is 11.7. The van der Waals surface area contributed by atoms with Crippen LogP contribution in [0.3, 0.4) is 0 Å². The highest BCUT2D eigenvalue weighted by molar-refractivity contribution is 5.79. The van der Waals surface area contributed by atoms with Crippen molar-refractivity contribution >= 4 is 5.96 Å². The molecule has 1 fully saturated rings. The average Bonchev–Trinajstić information content (AvgIpc) is 3.04. The lowest BCUT2D eigenvalue weighted by Crippen LogP contribution is -2.39. The monoisotopic (exact) mass is 337 g/mol. The van der Waals surface area contributed by atoms with Gasteiger partial charge in [-0.15, -0.1) is 0 Å². The zero-order valence-corrected chi connectivity index (χ0v) is 14.4. The number of aliphatic hydroxyl groups is 1. The second-order valence-corrected chi connectivity index (χ2v) is 6.27. The number of halogens is 1. The summed E-state index contributed by atoms with van der Waals surface area (Å²) in [5.74, 6) is 0.554. The lowest BCUT2D eigenvalue weighted by Gasteiger charge is -2.24. The van der Waals surface area contributed by atoms with Gasteiger partial charge >= 0.3 is 0 Å². The van der Waals surface area contributed by atoms with E-state index in [1.54, 1.807) is 12.1 Å². The largest absolute Gasteiger partial charge is 0.396 e. The maximum atomic E-state index is 12.9. The third kappa shape index (κ3) is 5.76. The normalized spacial score (nSPS) is 21.0. The van der Waals surface area contributed by atoms with Gasteiger partial charge in [0.15, 0.2) is 5.96 Å². The molecular formula is C18H28FN3O2. The van der Waals surface area contributed by atoms with Crippen molar-refractivity contribution in [3.63, 3.8) is 0 Å². The van der Waals surface area contributed by atoms with Crippen LogP contribution in [0, 0.1) is 11.2 Å². The van der Waals surface area contributed by atoms with Crippen LogP contribution in [0.15, 0.2) is 29.3 Å². The summed E-state index contributed by atoms with van der Waals surface area (Å²) in [6.45, 7) is 5.73. The fraction of sp³-hybridized carbons (Fsp3) is 0.611. The highest BCUT2D eigenvalue weighted by Gasteiger charge is 2.34. The molecule has 1 aliphatic rings. The van der Waals surface area contributed by atoms with Crippen LogP contribution in [0.2, 0.25) is 0 Å². The molecule has 2 rings (SSSR count). The molecule has 5 nitrogen and oxygen atoms in total. The van der Waals surface area contributed by atoms with Gasteiger partial charge in [0.25, 0.3) is 0 Å². The first-order valence-corrected chi connectivity index (χ1v) is 8.63. The van der Waals surface area contributed by atoms with Gasteiger partial charge in [-0.05, 0) is 43.9 Å². The third-order valence-electron chi connectivity index (χ3n) is 4.36. The van der Waals surface area contributed by atoms with Crippen molar-refractivity contribution in [2.24, 2.45) is 10.4 Å². The second kappa shape index (κ2) is 9.59. The summed E-state index contributed by atoms with van der Waals surface area (Å²) in [4.78, 5) is 4.67. The number of rotatable bonds is 8. The van der Waals surface area contributed by atoms with Crippen molar-refractivity contribution in [3.05, 3.63) is 35.6 Å². The smallest absolute Gasteiger partial charge is 0.191 e. The maximum Gasteiger partial charge on any atom is 0.191 e. The summed E-state index contributed by atoms with van der Waals surface area (Å²) < 4.78 is 18.4. The minimum absolute atomic E-state index is 0.0476. The van der Waals surface area contributed by atoms with Crippen molar-refractivity contribution in [2.75, 3.05) is 39.5 Å². The van der Waals surface area contributed by atoms with Crippen LogP contribution in [0.1, 0.15) is 25.3 Å². The van der Waals surface area contributed by atoms with Gasteiger partial charge in [-0.2, -0.15) is 0 Å². The fourth-order valence-corrected chi connectivity index (χ4v) is 2.85. The number of nitrogens with one attached hydrogen (secondary N) is 2. The highest BCUT2D eigenvalue weighted by atomic mass is 19.1. The zero-order chi connectivity index (χ0) is 17.3. The van der Waals surface area contributed by atoms with Crippen LogP contribution in [-0.2, 0) is 11.2 Å². The minimum atomic E-state index is -0.213. The number of aliphatic hydroxyl groups excluding tert-OH is 1. The summed E-state index contributed by atoms with van der Waals surface area (Å²) in [7, 11) is 0. The second-order valence-electron chi connectivity index (χ2n) is 6.27. The third-order valence-corrected chi connectivity index (χ3v) is 4.36. The van der Waals surface area contributed by atoms with E-state index in [-0.39, 0.29) is 17.8 Å². The van der Waals surface area contributed by atoms with Crippen molar-refractivity contribution in [1.29, 1.82) is 0 Å². The van der Waals surface area contributed by atoms with Gasteiger partial charge in [-0.3, -0.25) is 4.99 Å². The number of ether oxygens (including phenoxy) is 1. The summed E-state index contributed by atoms with van der Waals surface area (Å²) in [6.07, 6.45) is 2.45. The Morgan fingerprint density at radius 3 is 2.75 bits per heavy atom. The van der Waals surface area contributed by atoms with Crippen LogP contribution < -0.4 is 10.6 Å². The predicted molar refractivity (Wildman–Crippen MR) is 93.7 cm³/mol. The number of guanidine groups is 1. The molecule has 0 bridgehead atoms. The SMILES string of the molecule is CCNC(=NCC1(CCO)CCOC1)NCCc1ccc(F)cc1. The molecule has 0 aliphatic carbocycles. The predicted octanol–water partition coefficient (Wildman–Crippen LogP) is 1.71. The van der Waals surface area contributed by atoms with E-state index < -0.39 is 0 Å². The van der Waals surface area contributed by atoms with E-state index in [0.717, 1.165) is 44.1 Å². The molecule has 1 heterocycles. The molecule has 1 aromatic carbocycles. The first kappa shape index (κ1) is 18.7. The highest BCUT2D eigenvalue weighted by Crippen LogP contribution is 2.32. The van der Waals surface area contributed by atoms with Gasteiger partial charge in [0, 0.05) is 31.7 Å². The van der Waals surface area contributed by atoms with E-state index >= 15 is 0 Å². The molecule has 24 heavy (non-hydrogen) atoms. The van der Waals surface area contributed by atoms with Crippen molar-refractivity contribution in [2.45, 2.75) is 26.2 Å². The average molecular weight is 337 g/mol. The molecule has 0 saturated carbocycles. The van der Waals surface area contributed by atoms with Crippen molar-refractivity contribution in [1.82, 2.24) is 10.6 Å². The van der Waals surface area contributed by atoms with Gasteiger partial charge in [-0.1, -0.05) is 12.1 Å². The fourth-order valence-electron chi connectivity index (χ4n) is 2.85. The number of hydrogen-bond donors (Lipinski definition) is 3. The minimum Gasteiger partial charge on any atom is -0.396 e. The molecule has 6 heteroatoms. The summed E-state index contributed by atoms with van der Waals surface area (Å²) in [5.41, 5.74) is 1.04. The molecular weight excluding hydrogens is 309 g/mol. The number of benzene rings is 1. The Kier molecular flexibility index (Phi) is 7.46. The Hall–Kier alpha value is -1.66. The lowest BCUT2D eigenvalue weighted by atomic mass is 9.84. The van der Waals surface area contributed by atoms with E-state index in [2.05, 4.69) is 15.6 Å². The van der Waals surface area contributed by atoms with Crippen LogP contribution in [0.4, 0.5) is 4.39 Å². The maximum absolute atomic E-state index is 12.9. The van der Waals surface area contributed by atoms with E-state index in [0.29, 0.717) is 19.6 Å². The quantitative estimate of drug-likeness (QED) is 0.499. The molecule has 134 valence electrons. The molecule has 1 atom stereocenters. The van der Waals surface area contributed by atoms with Crippen molar-refractivity contribution in [3.8, 4) is 0 Å². The number of nitrogens with zero attached hydrogens (tertiary/aromatic N) is 1. The standard InChI is InChI=1S/C18H28FN3O2/c1-2-20-17(21-10-7-15-3-5-16(19)6-4-15)22-13-18(8-11-23)9-12-24-14-18/h3-6,23H,2,7-14H2,1H3,(H2,20,21,22). The Labute approximate surface area is 143 Å². The van der Waals surface area contributed by atoms with Crippen LogP contribution in [-0.4, -0.2) is 50.5 Å². The molecule has 0 aromatic heterocycles. The lowest BCUT2D eigenvalue weighted by molar-refractivity contribution is 0.131. The Bertz CT molecular complexity index is 514. The molecule has 0 spiro atoms. The van der Waals surface area contributed by atoms with Crippen LogP contribution in [0.5, 0.6) is 0 Å². The van der Waals surface area contributed by atoms with Crippen LogP contribution in [0.25, 0.3) is 0 Å². The summed E-state index contributed by atoms with van der Waals surface area (Å²) in [6, 6.07) is 6.56. The molecule has 1 saturated heterocycles. The molecule has 3 N–H and O–H groups in total.